The molecule has 12 nitrogen and oxygen atoms in total. The lowest BCUT2D eigenvalue weighted by Gasteiger charge is -2.47. The van der Waals surface area contributed by atoms with E-state index in [1.54, 1.807) is 0 Å². The van der Waals surface area contributed by atoms with Gasteiger partial charge in [0.1, 0.15) is 11.2 Å². The predicted molar refractivity (Wildman–Crippen MR) is 571 cm³/mol. The summed E-state index contributed by atoms with van der Waals surface area (Å²) in [6, 6.07) is 77.8. The van der Waals surface area contributed by atoms with Crippen LogP contribution in [0.25, 0.3) is 43.9 Å². The Bertz CT molecular complexity index is 6600. The molecule has 0 N–H and O–H groups in total. The van der Waals surface area contributed by atoms with Crippen molar-refractivity contribution in [2.45, 2.75) is 333 Å². The second kappa shape index (κ2) is 36.8. The fraction of sp³-hybridized carbons (Fsp3) is 0.463. The van der Waals surface area contributed by atoms with Crippen molar-refractivity contribution in [1.82, 2.24) is 14.7 Å². The summed E-state index contributed by atoms with van der Waals surface area (Å²) in [5.41, 5.74) is 41.6. The number of piperidine rings is 2. The van der Waals surface area contributed by atoms with Crippen LogP contribution in [-0.4, -0.2) is 109 Å². The quantitative estimate of drug-likeness (QED) is 0.159. The highest BCUT2D eigenvalue weighted by molar-refractivity contribution is 6.11. The number of rotatable bonds is 6. The molecule has 2 aromatic heterocycles. The summed E-state index contributed by atoms with van der Waals surface area (Å²) in [6.45, 7) is 51.6. The van der Waals surface area contributed by atoms with Gasteiger partial charge in [-0.05, 0) is 408 Å². The number of furan rings is 2. The minimum atomic E-state index is 0.398. The van der Waals surface area contributed by atoms with Crippen molar-refractivity contribution in [3.63, 3.8) is 0 Å². The Kier molecular flexibility index (Phi) is 25.1. The molecule has 706 valence electrons. The highest BCUT2D eigenvalue weighted by Gasteiger charge is 2.53. The zero-order valence-electron chi connectivity index (χ0n) is 85.7. The van der Waals surface area contributed by atoms with Crippen molar-refractivity contribution in [3.05, 3.63) is 300 Å². The summed E-state index contributed by atoms with van der Waals surface area (Å²) >= 11 is 0. The summed E-state index contributed by atoms with van der Waals surface area (Å²) in [5, 5.41) is 4.97. The van der Waals surface area contributed by atoms with Gasteiger partial charge in [0.25, 0.3) is 0 Å². The van der Waals surface area contributed by atoms with Crippen LogP contribution in [0.1, 0.15) is 262 Å². The smallest absolute Gasteiger partial charge is 0.158 e. The van der Waals surface area contributed by atoms with E-state index in [-0.39, 0.29) is 0 Å². The van der Waals surface area contributed by atoms with Gasteiger partial charge in [0.15, 0.2) is 11.2 Å². The van der Waals surface area contributed by atoms with E-state index in [1.165, 1.54) is 270 Å². The number of hydrogen-bond donors (Lipinski definition) is 0. The topological polar surface area (TPSA) is 58.7 Å². The van der Waals surface area contributed by atoms with Gasteiger partial charge in [-0.1, -0.05) is 159 Å². The molecule has 16 aliphatic rings. The molecule has 0 amide bonds. The third kappa shape index (κ3) is 16.4. The summed E-state index contributed by atoms with van der Waals surface area (Å²) in [6.07, 6.45) is 21.4. The van der Waals surface area contributed by atoms with Crippen LogP contribution in [0, 0.1) is 108 Å². The first kappa shape index (κ1) is 92.2. The number of benzene rings is 11. The molecule has 0 spiro atoms. The number of anilines is 7. The Hall–Kier alpha value is -10.5. The van der Waals surface area contributed by atoms with Gasteiger partial charge < -0.3 is 43.1 Å². The molecule has 14 heterocycles. The van der Waals surface area contributed by atoms with Crippen LogP contribution in [-0.2, 0) is 13.0 Å². The molecule has 12 bridgehead atoms. The average molecular weight is 1800 g/mol. The third-order valence-corrected chi connectivity index (χ3v) is 36.1. The van der Waals surface area contributed by atoms with Gasteiger partial charge in [0, 0.05) is 118 Å². The first-order chi connectivity index (χ1) is 64.9. The van der Waals surface area contributed by atoms with E-state index in [4.69, 9.17) is 8.83 Å². The Morgan fingerprint density at radius 3 is 1.32 bits per heavy atom. The fourth-order valence-corrected chi connectivity index (χ4v) is 27.9. The second-order valence-corrected chi connectivity index (χ2v) is 44.0. The van der Waals surface area contributed by atoms with E-state index >= 15 is 0 Å². The average Bonchev–Trinajstić information content (AvgIpc) is 1.57. The van der Waals surface area contributed by atoms with Gasteiger partial charge in [-0.2, -0.15) is 0 Å². The summed E-state index contributed by atoms with van der Waals surface area (Å²) in [5.74, 6) is 0.865. The van der Waals surface area contributed by atoms with Crippen molar-refractivity contribution in [1.29, 1.82) is 0 Å². The minimum Gasteiger partial charge on any atom is -0.454 e. The Morgan fingerprint density at radius 1 is 0.326 bits per heavy atom. The molecule has 10 fully saturated rings. The predicted octanol–water partition coefficient (Wildman–Crippen LogP) is 29.6. The van der Waals surface area contributed by atoms with Gasteiger partial charge >= 0.3 is 0 Å². The summed E-state index contributed by atoms with van der Waals surface area (Å²) < 4.78 is 12.6. The molecule has 135 heavy (non-hydrogen) atoms. The van der Waals surface area contributed by atoms with Crippen LogP contribution < -0.4 is 34.3 Å². The van der Waals surface area contributed by atoms with Gasteiger partial charge in [-0.25, -0.2) is 0 Å². The Balaban J connectivity index is 0.000000100. The maximum absolute atomic E-state index is 6.32. The number of hydrogen-bond acceptors (Lipinski definition) is 12. The lowest BCUT2D eigenvalue weighted by Crippen LogP contribution is -2.56. The monoisotopic (exact) mass is 1800 g/mol. The maximum Gasteiger partial charge on any atom is 0.158 e. The van der Waals surface area contributed by atoms with E-state index in [0.717, 1.165) is 53.3 Å². The highest BCUT2D eigenvalue weighted by atomic mass is 16.3. The number of para-hydroxylation sites is 3. The molecular weight excluding hydrogens is 1650 g/mol. The van der Waals surface area contributed by atoms with E-state index in [2.05, 4.69) is 403 Å². The number of nitrogens with zero attached hydrogens (tertiary/aromatic N) is 10. The van der Waals surface area contributed by atoms with E-state index in [1.807, 2.05) is 0 Å². The van der Waals surface area contributed by atoms with Crippen LogP contribution in [0.15, 0.2) is 203 Å². The molecule has 3 saturated carbocycles. The van der Waals surface area contributed by atoms with Gasteiger partial charge in [0.2, 0.25) is 0 Å². The van der Waals surface area contributed by atoms with Crippen LogP contribution in [0.5, 0.6) is 0 Å². The lowest BCUT2D eigenvalue weighted by molar-refractivity contribution is 0.154. The maximum atomic E-state index is 6.32. The molecule has 4 aliphatic carbocycles. The highest BCUT2D eigenvalue weighted by Crippen LogP contribution is 2.57. The molecule has 7 saturated heterocycles. The molecule has 0 radical (unpaired) electrons. The van der Waals surface area contributed by atoms with Gasteiger partial charge in [-0.15, -0.1) is 0 Å². The summed E-state index contributed by atoms with van der Waals surface area (Å²) in [7, 11) is 4.61. The Morgan fingerprint density at radius 2 is 0.778 bits per heavy atom. The van der Waals surface area contributed by atoms with Crippen LogP contribution >= 0.6 is 0 Å². The third-order valence-electron chi connectivity index (χ3n) is 36.1. The van der Waals surface area contributed by atoms with Gasteiger partial charge in [-0.3, -0.25) is 14.7 Å². The molecule has 11 aromatic carbocycles. The van der Waals surface area contributed by atoms with Crippen molar-refractivity contribution >= 4 is 83.7 Å². The SMILES string of the molecule is Cc1cc(C)c(C)c(N2C3CCC(CC3)N(C)[C@@H]2C)c1.Cc1cc(C)c(C)c(N2C3CCC(c4ccccc43)N(C)[C@@H]2C)c1.Cc1cc(C)c(C)c(N2C3CCN(Cc4ccccc43)[C@@H]2C)c1.Cc1cc(C)c(C)c(N2C3CCN(c4ccccc4C3)[C@@H]2C)c1.Cc1ccc2c(oc3ccccc32)c1N1C2CCC(C)(C2)[C@@H]1C.Cc1ccc2c(oc3ccccc32)c1N1C2CCC(C2)[C@@H]1C. The van der Waals surface area contributed by atoms with Gasteiger partial charge in [0.05, 0.1) is 48.1 Å². The van der Waals surface area contributed by atoms with Crippen molar-refractivity contribution in [2.24, 2.45) is 11.3 Å². The molecule has 9 unspecified atom stereocenters. The Labute approximate surface area is 808 Å². The van der Waals surface area contributed by atoms with Crippen LogP contribution in [0.2, 0.25) is 0 Å². The van der Waals surface area contributed by atoms with Crippen LogP contribution in [0.3, 0.4) is 0 Å². The fourth-order valence-electron chi connectivity index (χ4n) is 27.9. The zero-order chi connectivity index (χ0) is 94.3. The van der Waals surface area contributed by atoms with Crippen molar-refractivity contribution < 1.29 is 8.83 Å². The molecule has 29 rings (SSSR count). The molecular formula is C123H152N10O2. The first-order valence-electron chi connectivity index (χ1n) is 51.9. The zero-order valence-corrected chi connectivity index (χ0v) is 85.7. The largest absolute Gasteiger partial charge is 0.454 e. The molecule has 12 aliphatic heterocycles. The van der Waals surface area contributed by atoms with E-state index in [9.17, 15) is 0 Å². The summed E-state index contributed by atoms with van der Waals surface area (Å²) in [4.78, 5) is 26.5. The normalized spacial score (nSPS) is 27.1. The lowest BCUT2D eigenvalue weighted by atomic mass is 9.82. The van der Waals surface area contributed by atoms with E-state index in [0.29, 0.717) is 78.4 Å². The van der Waals surface area contributed by atoms with E-state index < -0.39 is 0 Å². The van der Waals surface area contributed by atoms with Crippen molar-refractivity contribution in [3.8, 4) is 0 Å². The molecule has 12 heteroatoms. The molecule has 13 aromatic rings. The minimum absolute atomic E-state index is 0.398. The first-order valence-corrected chi connectivity index (χ1v) is 51.9. The number of fused-ring (bicyclic) bond motifs is 21. The standard InChI is InChI=1S/C22H28N2.2C21H26N2.C21H23NO.C20H21NO.C18H28N2/c1-14-12-15(2)16(3)22(13-14)24-17(4)23(5)20-10-11-21(24)19-9-7-6-8-18(19)20;1-14-11-15(2)16(3)21(12-14)23-17(4)22-10-9-19(23)13-18-7-5-6-8-20(18)22;1-14-11-15(2)16(3)21(12-14)23-17(4)22-10-9-20(23)19-8-6-5-7-18(19)13-22;1-13-8-9-17-16-6-4-5-7-18(16)23-20(17)19(13)22-14(2)21(3)11-10-15(22)12-21;1-12-7-10-17-16-5-3-4-6-18(16)22-20(17)19(12)21-13(2)14-8-9-15(21)11-14;1-12-10-13(2)14(3)18(11-12)20-15(4)19(5)16-6-8-17(20)9-7-16/h6-9,12-13,17,20-21H,10-11H2,1-5H3;5-8,11-12,17,19H,9-10,13H2,1-4H3;5-8,11-12,17,20H,9-10,13H2,1-4H3;4-9,14-15H,10-12H2,1-3H3;3-7,10,13-15H,8-9,11H2,1-2H3;10-11,15-17H,6-9H2,1-5H3/t17-,20?,21?;17-,19?;17-,20?;14-,15?,21?;13-,14?,15?;15-,16?,17?/m000000/s1. The number of aryl methyl sites for hydroxylation is 10. The molecule has 15 atom stereocenters. The second-order valence-electron chi connectivity index (χ2n) is 44.0. The van der Waals surface area contributed by atoms with Crippen LogP contribution in [0.4, 0.5) is 39.8 Å². The van der Waals surface area contributed by atoms with Crippen molar-refractivity contribution in [2.75, 3.05) is 61.5 Å².